The minimum Gasteiger partial charge on any atom is -0.323 e. The lowest BCUT2D eigenvalue weighted by atomic mass is 10.1. The fourth-order valence-corrected chi connectivity index (χ4v) is 3.19. The third kappa shape index (κ3) is 4.15. The van der Waals surface area contributed by atoms with E-state index < -0.39 is 10.0 Å². The van der Waals surface area contributed by atoms with Crippen LogP contribution in [0, 0.1) is 0 Å². The monoisotopic (exact) mass is 337 g/mol. The van der Waals surface area contributed by atoms with Crippen LogP contribution in [-0.4, -0.2) is 41.8 Å². The molecule has 0 aliphatic heterocycles. The molecule has 0 saturated carbocycles. The van der Waals surface area contributed by atoms with E-state index in [9.17, 15) is 8.42 Å². The number of nitrogens with two attached hydrogens (primary N) is 1. The first-order chi connectivity index (χ1) is 10.8. The SMILES string of the molecule is CCCC(N)c1cn(Cc2cccc(S(=O)(=O)N(C)C)c2)nn1. The fourth-order valence-electron chi connectivity index (χ4n) is 2.22. The molecule has 2 N–H and O–H groups in total. The molecular weight excluding hydrogens is 314 g/mol. The van der Waals surface area contributed by atoms with Crippen molar-refractivity contribution in [3.8, 4) is 0 Å². The molecule has 0 aliphatic carbocycles. The lowest BCUT2D eigenvalue weighted by Gasteiger charge is -2.12. The maximum atomic E-state index is 12.2. The Kier molecular flexibility index (Phi) is 5.51. The van der Waals surface area contributed by atoms with Crippen LogP contribution in [0.1, 0.15) is 37.1 Å². The van der Waals surface area contributed by atoms with E-state index in [4.69, 9.17) is 5.73 Å². The van der Waals surface area contributed by atoms with E-state index in [1.165, 1.54) is 18.4 Å². The predicted octanol–water partition coefficient (Wildman–Crippen LogP) is 1.38. The molecule has 126 valence electrons. The number of hydrogen-bond acceptors (Lipinski definition) is 5. The van der Waals surface area contributed by atoms with E-state index >= 15 is 0 Å². The summed E-state index contributed by atoms with van der Waals surface area (Å²) in [7, 11) is -0.410. The molecule has 7 nitrogen and oxygen atoms in total. The molecule has 1 atom stereocenters. The molecule has 0 bridgehead atoms. The minimum absolute atomic E-state index is 0.116. The van der Waals surface area contributed by atoms with Crippen LogP contribution in [0.4, 0.5) is 0 Å². The van der Waals surface area contributed by atoms with E-state index in [1.807, 2.05) is 12.3 Å². The van der Waals surface area contributed by atoms with Gasteiger partial charge in [0.2, 0.25) is 10.0 Å². The zero-order chi connectivity index (χ0) is 17.0. The van der Waals surface area contributed by atoms with E-state index in [1.54, 1.807) is 22.9 Å². The number of sulfonamides is 1. The summed E-state index contributed by atoms with van der Waals surface area (Å²) in [6.45, 7) is 2.52. The van der Waals surface area contributed by atoms with Gasteiger partial charge in [0.05, 0.1) is 29.4 Å². The van der Waals surface area contributed by atoms with E-state index in [0.717, 1.165) is 24.1 Å². The van der Waals surface area contributed by atoms with Crippen molar-refractivity contribution in [1.82, 2.24) is 19.3 Å². The summed E-state index contributed by atoms with van der Waals surface area (Å²) >= 11 is 0. The van der Waals surface area contributed by atoms with Gasteiger partial charge in [-0.2, -0.15) is 0 Å². The van der Waals surface area contributed by atoms with Crippen LogP contribution in [0.5, 0.6) is 0 Å². The first-order valence-corrected chi connectivity index (χ1v) is 8.95. The Morgan fingerprint density at radius 3 is 2.74 bits per heavy atom. The summed E-state index contributed by atoms with van der Waals surface area (Å²) in [5.41, 5.74) is 7.62. The number of rotatable bonds is 7. The number of aromatic nitrogens is 3. The van der Waals surface area contributed by atoms with E-state index in [0.29, 0.717) is 6.54 Å². The van der Waals surface area contributed by atoms with Crippen molar-refractivity contribution in [2.45, 2.75) is 37.2 Å². The molecule has 1 heterocycles. The van der Waals surface area contributed by atoms with Gasteiger partial charge < -0.3 is 5.73 Å². The molecule has 0 fully saturated rings. The Bertz CT molecular complexity index is 755. The second-order valence-corrected chi connectivity index (χ2v) is 7.82. The van der Waals surface area contributed by atoms with Crippen LogP contribution in [0.15, 0.2) is 35.4 Å². The highest BCUT2D eigenvalue weighted by Gasteiger charge is 2.17. The largest absolute Gasteiger partial charge is 0.323 e. The summed E-state index contributed by atoms with van der Waals surface area (Å²) < 4.78 is 27.2. The molecule has 23 heavy (non-hydrogen) atoms. The summed E-state index contributed by atoms with van der Waals surface area (Å²) in [5.74, 6) is 0. The first-order valence-electron chi connectivity index (χ1n) is 7.51. The van der Waals surface area contributed by atoms with Crippen molar-refractivity contribution in [1.29, 1.82) is 0 Å². The average Bonchev–Trinajstić information content (AvgIpc) is 2.96. The third-order valence-corrected chi connectivity index (χ3v) is 5.37. The zero-order valence-electron chi connectivity index (χ0n) is 13.7. The van der Waals surface area contributed by atoms with Crippen molar-refractivity contribution >= 4 is 10.0 Å². The van der Waals surface area contributed by atoms with Gasteiger partial charge in [0.1, 0.15) is 0 Å². The van der Waals surface area contributed by atoms with E-state index in [-0.39, 0.29) is 10.9 Å². The Hall–Kier alpha value is -1.77. The van der Waals surface area contributed by atoms with Crippen LogP contribution < -0.4 is 5.73 Å². The zero-order valence-corrected chi connectivity index (χ0v) is 14.5. The smallest absolute Gasteiger partial charge is 0.242 e. The molecule has 0 spiro atoms. The van der Waals surface area contributed by atoms with Crippen molar-refractivity contribution < 1.29 is 8.42 Å². The van der Waals surface area contributed by atoms with Crippen LogP contribution in [0.2, 0.25) is 0 Å². The molecule has 0 amide bonds. The molecule has 0 aliphatic rings. The summed E-state index contributed by atoms with van der Waals surface area (Å²) in [6, 6.07) is 6.72. The van der Waals surface area contributed by atoms with Gasteiger partial charge in [0.15, 0.2) is 0 Å². The Labute approximate surface area is 137 Å². The molecule has 0 radical (unpaired) electrons. The summed E-state index contributed by atoms with van der Waals surface area (Å²) in [6.07, 6.45) is 3.65. The molecule has 0 saturated heterocycles. The second-order valence-electron chi connectivity index (χ2n) is 5.67. The van der Waals surface area contributed by atoms with Crippen molar-refractivity contribution in [2.75, 3.05) is 14.1 Å². The van der Waals surface area contributed by atoms with Gasteiger partial charge in [-0.05, 0) is 24.1 Å². The van der Waals surface area contributed by atoms with Gasteiger partial charge in [-0.25, -0.2) is 17.4 Å². The Morgan fingerprint density at radius 2 is 2.09 bits per heavy atom. The minimum atomic E-state index is -3.44. The van der Waals surface area contributed by atoms with Gasteiger partial charge in [-0.15, -0.1) is 5.10 Å². The van der Waals surface area contributed by atoms with Crippen molar-refractivity contribution in [3.05, 3.63) is 41.7 Å². The van der Waals surface area contributed by atoms with Gasteiger partial charge in [0, 0.05) is 14.1 Å². The second kappa shape index (κ2) is 7.20. The Balaban J connectivity index is 2.19. The first kappa shape index (κ1) is 17.6. The summed E-state index contributed by atoms with van der Waals surface area (Å²) in [5, 5.41) is 8.16. The molecule has 1 aromatic carbocycles. The molecule has 1 unspecified atom stereocenters. The highest BCUT2D eigenvalue weighted by molar-refractivity contribution is 7.89. The van der Waals surface area contributed by atoms with Gasteiger partial charge >= 0.3 is 0 Å². The lowest BCUT2D eigenvalue weighted by Crippen LogP contribution is -2.22. The average molecular weight is 337 g/mol. The van der Waals surface area contributed by atoms with E-state index in [2.05, 4.69) is 17.2 Å². The molecule has 2 rings (SSSR count). The fraction of sp³-hybridized carbons (Fsp3) is 0.467. The van der Waals surface area contributed by atoms with Gasteiger partial charge in [-0.1, -0.05) is 30.7 Å². The van der Waals surface area contributed by atoms with Gasteiger partial charge in [0.25, 0.3) is 0 Å². The quantitative estimate of drug-likeness (QED) is 0.823. The van der Waals surface area contributed by atoms with Crippen molar-refractivity contribution in [2.24, 2.45) is 5.73 Å². The topological polar surface area (TPSA) is 94.1 Å². The van der Waals surface area contributed by atoms with Crippen LogP contribution in [0.3, 0.4) is 0 Å². The predicted molar refractivity (Wildman–Crippen MR) is 88.3 cm³/mol. The molecule has 2 aromatic rings. The lowest BCUT2D eigenvalue weighted by molar-refractivity contribution is 0.520. The molecule has 8 heteroatoms. The maximum Gasteiger partial charge on any atom is 0.242 e. The Morgan fingerprint density at radius 1 is 1.35 bits per heavy atom. The standard InChI is InChI=1S/C15H23N5O2S/c1-4-6-14(16)15-11-20(18-17-15)10-12-7-5-8-13(9-12)23(21,22)19(2)3/h5,7-9,11,14H,4,6,10,16H2,1-3H3. The summed E-state index contributed by atoms with van der Waals surface area (Å²) in [4.78, 5) is 0.267. The number of hydrogen-bond donors (Lipinski definition) is 1. The third-order valence-electron chi connectivity index (χ3n) is 3.56. The number of benzene rings is 1. The van der Waals surface area contributed by atoms with Crippen LogP contribution >= 0.6 is 0 Å². The van der Waals surface area contributed by atoms with Crippen molar-refractivity contribution in [3.63, 3.8) is 0 Å². The normalized spacial score (nSPS) is 13.4. The molecule has 1 aromatic heterocycles. The molecular formula is C15H23N5O2S. The van der Waals surface area contributed by atoms with Gasteiger partial charge in [-0.3, -0.25) is 0 Å². The van der Waals surface area contributed by atoms with Crippen LogP contribution in [-0.2, 0) is 16.6 Å². The highest BCUT2D eigenvalue weighted by atomic mass is 32.2. The highest BCUT2D eigenvalue weighted by Crippen LogP contribution is 2.16. The maximum absolute atomic E-state index is 12.2. The van der Waals surface area contributed by atoms with Crippen LogP contribution in [0.25, 0.3) is 0 Å². The number of nitrogens with zero attached hydrogens (tertiary/aromatic N) is 4.